The molecule has 0 aliphatic carbocycles. The van der Waals surface area contributed by atoms with Gasteiger partial charge in [-0.2, -0.15) is 8.78 Å². The minimum Gasteiger partial charge on any atom is -0.384 e. The van der Waals surface area contributed by atoms with E-state index in [1.165, 1.54) is 25.0 Å². The zero-order valence-electron chi connectivity index (χ0n) is 21.2. The lowest BCUT2D eigenvalue weighted by molar-refractivity contribution is -0.154. The Bertz CT molecular complexity index is 1330. The average Bonchev–Trinajstić information content (AvgIpc) is 3.17. The summed E-state index contributed by atoms with van der Waals surface area (Å²) in [5, 5.41) is 1.80. The Morgan fingerprint density at radius 2 is 1.73 bits per heavy atom. The van der Waals surface area contributed by atoms with Crippen molar-refractivity contribution >= 4 is 74.6 Å². The number of rotatable bonds is 5. The molecule has 4 rings (SSSR count). The molecule has 1 saturated heterocycles. The highest BCUT2D eigenvalue weighted by Crippen LogP contribution is 2.46. The summed E-state index contributed by atoms with van der Waals surface area (Å²) in [6.45, 7) is -0.00168. The van der Waals surface area contributed by atoms with E-state index >= 15 is 0 Å². The van der Waals surface area contributed by atoms with Crippen LogP contribution in [-0.2, 0) is 33.4 Å². The number of nitrogens with zero attached hydrogens (tertiary/aromatic N) is 2. The third-order valence-electron chi connectivity index (χ3n) is 7.97. The lowest BCUT2D eigenvalue weighted by Crippen LogP contribution is -2.70. The van der Waals surface area contributed by atoms with Gasteiger partial charge in [0.25, 0.3) is 11.8 Å². The number of hydrogen-bond acceptors (Lipinski definition) is 4. The Balaban J connectivity index is 1.55. The maximum Gasteiger partial charge on any atom is 0.348 e. The number of hydrogen-bond donors (Lipinski definition) is 1. The van der Waals surface area contributed by atoms with Crippen molar-refractivity contribution in [1.29, 1.82) is 0 Å². The molecule has 1 N–H and O–H groups in total. The van der Waals surface area contributed by atoms with Crippen LogP contribution in [0.2, 0.25) is 16.1 Å². The third kappa shape index (κ3) is 4.29. The lowest BCUT2D eigenvalue weighted by atomic mass is 9.35. The molecular formula is C22H23B5ClF2N3O4. The number of benzene rings is 2. The van der Waals surface area contributed by atoms with Crippen LogP contribution in [0.3, 0.4) is 0 Å². The SMILES string of the molecule is BC1C(B)(B)C(=O)NC(=O)[C@]1(B)N1Cc2cc(CN(B)C(=O)C(F)(F)c3ccc(Cl)cc3)ccc2C1=O. The van der Waals surface area contributed by atoms with Crippen molar-refractivity contribution in [2.75, 3.05) is 0 Å². The van der Waals surface area contributed by atoms with Crippen LogP contribution in [-0.4, -0.2) is 78.1 Å². The Morgan fingerprint density at radius 1 is 1.11 bits per heavy atom. The van der Waals surface area contributed by atoms with Gasteiger partial charge in [0.1, 0.15) is 31.4 Å². The van der Waals surface area contributed by atoms with E-state index in [0.29, 0.717) is 16.7 Å². The van der Waals surface area contributed by atoms with Gasteiger partial charge in [-0.05, 0) is 40.4 Å². The summed E-state index contributed by atoms with van der Waals surface area (Å²) in [5.41, 5.74) is -0.179. The summed E-state index contributed by atoms with van der Waals surface area (Å²) in [4.78, 5) is 53.7. The zero-order valence-corrected chi connectivity index (χ0v) is 22.0. The maximum atomic E-state index is 14.8. The molecule has 15 heteroatoms. The molecule has 0 radical (unpaired) electrons. The molecule has 1 unspecified atom stereocenters. The first kappa shape index (κ1) is 27.0. The minimum absolute atomic E-state index is 0.110. The monoisotopic (exact) mass is 521 g/mol. The third-order valence-corrected chi connectivity index (χ3v) is 8.23. The number of nitrogens with one attached hydrogen (secondary N) is 1. The number of alkyl halides is 2. The Hall–Kier alpha value is -3.01. The number of piperidine rings is 1. The van der Waals surface area contributed by atoms with Gasteiger partial charge in [-0.3, -0.25) is 24.5 Å². The van der Waals surface area contributed by atoms with Gasteiger partial charge in [0.15, 0.2) is 0 Å². The second kappa shape index (κ2) is 9.08. The fourth-order valence-corrected chi connectivity index (χ4v) is 5.18. The summed E-state index contributed by atoms with van der Waals surface area (Å²) in [6.07, 6.45) is 0. The van der Waals surface area contributed by atoms with E-state index in [1.807, 2.05) is 0 Å². The molecule has 0 spiro atoms. The molecule has 2 aromatic carbocycles. The van der Waals surface area contributed by atoms with Crippen LogP contribution in [0.5, 0.6) is 0 Å². The van der Waals surface area contributed by atoms with Gasteiger partial charge in [-0.15, -0.1) is 0 Å². The van der Waals surface area contributed by atoms with Crippen molar-refractivity contribution < 1.29 is 28.0 Å². The molecule has 0 bridgehead atoms. The fourth-order valence-electron chi connectivity index (χ4n) is 5.06. The van der Waals surface area contributed by atoms with E-state index in [2.05, 4.69) is 5.32 Å². The number of halogens is 3. The van der Waals surface area contributed by atoms with Gasteiger partial charge in [-0.1, -0.05) is 35.9 Å². The average molecular weight is 521 g/mol. The molecule has 1 fully saturated rings. The highest BCUT2D eigenvalue weighted by atomic mass is 35.5. The molecule has 37 heavy (non-hydrogen) atoms. The van der Waals surface area contributed by atoms with Gasteiger partial charge in [0.05, 0.1) is 5.44 Å². The molecular weight excluding hydrogens is 498 g/mol. The number of carbonyl (C=O) groups is 4. The van der Waals surface area contributed by atoms with Crippen LogP contribution >= 0.6 is 11.6 Å². The highest BCUT2D eigenvalue weighted by Gasteiger charge is 2.58. The Kier molecular flexibility index (Phi) is 6.63. The van der Waals surface area contributed by atoms with E-state index in [1.54, 1.807) is 49.6 Å². The number of amides is 4. The van der Waals surface area contributed by atoms with Gasteiger partial charge >= 0.3 is 5.92 Å². The zero-order chi connectivity index (χ0) is 27.5. The van der Waals surface area contributed by atoms with Gasteiger partial charge in [0, 0.05) is 29.2 Å². The molecule has 2 aliphatic heterocycles. The summed E-state index contributed by atoms with van der Waals surface area (Å²) in [6, 6.07) is 9.68. The fraction of sp³-hybridized carbons (Fsp3) is 0.273. The Labute approximate surface area is 222 Å². The maximum absolute atomic E-state index is 14.8. The number of fused-ring (bicyclic) bond motifs is 1. The molecule has 2 heterocycles. The van der Waals surface area contributed by atoms with Crippen molar-refractivity contribution in [2.45, 2.75) is 35.5 Å². The topological polar surface area (TPSA) is 86.8 Å². The molecule has 2 atom stereocenters. The van der Waals surface area contributed by atoms with Crippen molar-refractivity contribution in [3.05, 3.63) is 69.7 Å². The molecule has 7 nitrogen and oxygen atoms in total. The predicted molar refractivity (Wildman–Crippen MR) is 147 cm³/mol. The van der Waals surface area contributed by atoms with Gasteiger partial charge in [0.2, 0.25) is 19.8 Å². The van der Waals surface area contributed by atoms with Crippen LogP contribution in [0.25, 0.3) is 0 Å². The Morgan fingerprint density at radius 3 is 2.35 bits per heavy atom. The smallest absolute Gasteiger partial charge is 0.348 e. The lowest BCUT2D eigenvalue weighted by Gasteiger charge is -2.51. The number of imide groups is 1. The van der Waals surface area contributed by atoms with Crippen LogP contribution in [0.1, 0.15) is 27.0 Å². The minimum atomic E-state index is -3.74. The molecule has 4 amide bonds. The van der Waals surface area contributed by atoms with Gasteiger partial charge < -0.3 is 9.71 Å². The van der Waals surface area contributed by atoms with Gasteiger partial charge in [-0.25, -0.2) is 0 Å². The molecule has 2 aromatic rings. The van der Waals surface area contributed by atoms with E-state index in [4.69, 9.17) is 11.6 Å². The van der Waals surface area contributed by atoms with E-state index in [-0.39, 0.29) is 24.0 Å². The largest absolute Gasteiger partial charge is 0.384 e. The summed E-state index contributed by atoms with van der Waals surface area (Å²) in [5.74, 6) is -6.88. The van der Waals surface area contributed by atoms with E-state index in [9.17, 15) is 28.0 Å². The van der Waals surface area contributed by atoms with E-state index in [0.717, 1.165) is 16.9 Å². The molecule has 2 aliphatic rings. The van der Waals surface area contributed by atoms with Crippen LogP contribution in [0, 0.1) is 0 Å². The first-order valence-corrected chi connectivity index (χ1v) is 12.2. The predicted octanol–water partition coefficient (Wildman–Crippen LogP) is -2.25. The molecule has 0 saturated carbocycles. The van der Waals surface area contributed by atoms with Crippen LogP contribution in [0.4, 0.5) is 8.78 Å². The van der Waals surface area contributed by atoms with Crippen LogP contribution < -0.4 is 5.32 Å². The van der Waals surface area contributed by atoms with Crippen molar-refractivity contribution in [3.8, 4) is 0 Å². The number of carbonyl (C=O) groups excluding carboxylic acids is 4. The van der Waals surface area contributed by atoms with E-state index < -0.39 is 45.7 Å². The normalized spacial score (nSPS) is 22.9. The summed E-state index contributed by atoms with van der Waals surface area (Å²) in [7, 11) is 8.17. The standard InChI is InChI=1S/C22H23B5ClF2N3O4/c23-16-20(24,25)17(35)31-18(36)21(16,26)32-9-11-7-10(1-6-14(11)15(32)34)8-33(27)19(37)22(29,30)12-2-4-13(28)5-3-12/h1-7,16H,8-9,23-27H2,(H,31,35,36)/t16?,21-/m1/s1. The highest BCUT2D eigenvalue weighted by molar-refractivity contribution is 6.58. The van der Waals surface area contributed by atoms with Crippen molar-refractivity contribution in [3.63, 3.8) is 0 Å². The molecule has 0 aromatic heterocycles. The van der Waals surface area contributed by atoms with Crippen LogP contribution in [0.15, 0.2) is 42.5 Å². The summed E-state index contributed by atoms with van der Waals surface area (Å²) < 4.78 is 29.6. The first-order chi connectivity index (χ1) is 17.1. The summed E-state index contributed by atoms with van der Waals surface area (Å²) >= 11 is 5.77. The molecule has 186 valence electrons. The second-order valence-corrected chi connectivity index (χ2v) is 10.9. The second-order valence-electron chi connectivity index (χ2n) is 10.5. The quantitative estimate of drug-likeness (QED) is 0.357. The van der Waals surface area contributed by atoms with Crippen molar-refractivity contribution in [1.82, 2.24) is 15.0 Å². The van der Waals surface area contributed by atoms with Crippen molar-refractivity contribution in [2.24, 2.45) is 0 Å². The first-order valence-electron chi connectivity index (χ1n) is 11.8.